The molecule has 0 saturated carbocycles. The first-order valence-electron chi connectivity index (χ1n) is 13.8. The third kappa shape index (κ3) is 7.76. The fourth-order valence-electron chi connectivity index (χ4n) is 5.33. The molecule has 37 heavy (non-hydrogen) atoms. The maximum absolute atomic E-state index is 13.2. The maximum Gasteiger partial charge on any atom is 0.306 e. The van der Waals surface area contributed by atoms with Gasteiger partial charge in [-0.3, -0.25) is 14.5 Å². The van der Waals surface area contributed by atoms with E-state index in [2.05, 4.69) is 34.0 Å². The number of hydrogen-bond acceptors (Lipinski definition) is 8. The molecule has 0 bridgehead atoms. The highest BCUT2D eigenvalue weighted by Crippen LogP contribution is 2.31. The van der Waals surface area contributed by atoms with Crippen molar-refractivity contribution in [2.75, 3.05) is 45.9 Å². The molecular weight excluding hydrogens is 474 g/mol. The van der Waals surface area contributed by atoms with Gasteiger partial charge >= 0.3 is 5.97 Å². The molecule has 10 heteroatoms. The fraction of sp³-hybridized carbons (Fsp3) is 0.778. The number of hydrogen-bond donors (Lipinski definition) is 0. The van der Waals surface area contributed by atoms with E-state index >= 15 is 0 Å². The van der Waals surface area contributed by atoms with E-state index in [0.29, 0.717) is 18.2 Å². The highest BCUT2D eigenvalue weighted by molar-refractivity contribution is 5.79. The molecule has 204 valence electrons. The smallest absolute Gasteiger partial charge is 0.306 e. The van der Waals surface area contributed by atoms with Crippen molar-refractivity contribution in [1.29, 1.82) is 0 Å². The van der Waals surface area contributed by atoms with Crippen LogP contribution < -0.4 is 0 Å². The molecule has 4 rings (SSSR count). The van der Waals surface area contributed by atoms with Crippen LogP contribution in [0.2, 0.25) is 0 Å². The normalized spacial score (nSPS) is 25.9. The van der Waals surface area contributed by atoms with Gasteiger partial charge in [0.05, 0.1) is 36.5 Å². The molecule has 3 fully saturated rings. The zero-order chi connectivity index (χ0) is 26.2. The number of rotatable bonds is 9. The van der Waals surface area contributed by atoms with Gasteiger partial charge in [-0.2, -0.15) is 0 Å². The van der Waals surface area contributed by atoms with Crippen molar-refractivity contribution >= 4 is 11.9 Å². The Morgan fingerprint density at radius 3 is 2.70 bits per heavy atom. The van der Waals surface area contributed by atoms with Gasteiger partial charge in [0.25, 0.3) is 0 Å². The van der Waals surface area contributed by atoms with Crippen molar-refractivity contribution in [2.45, 2.75) is 83.6 Å². The van der Waals surface area contributed by atoms with E-state index in [9.17, 15) is 9.59 Å². The van der Waals surface area contributed by atoms with E-state index in [0.717, 1.165) is 71.4 Å². The summed E-state index contributed by atoms with van der Waals surface area (Å²) < 4.78 is 18.9. The zero-order valence-electron chi connectivity index (χ0n) is 22.4. The van der Waals surface area contributed by atoms with Crippen LogP contribution in [0.25, 0.3) is 0 Å². The predicted octanol–water partition coefficient (Wildman–Crippen LogP) is 2.04. The average molecular weight is 516 g/mol. The SMILES string of the molecule is CCC(=O)OCC#Cc1cn([C@H](C)C[C@@H]2CC[C@H]([C@@H](C)C(=O)N3CCN(CC4CCCO4)CC3)O2)nn1. The van der Waals surface area contributed by atoms with Gasteiger partial charge in [-0.15, -0.1) is 5.10 Å². The second-order valence-corrected chi connectivity index (χ2v) is 10.4. The number of piperazine rings is 1. The third-order valence-corrected chi connectivity index (χ3v) is 7.63. The highest BCUT2D eigenvalue weighted by atomic mass is 16.5. The first kappa shape index (κ1) is 27.6. The Hall–Kier alpha value is -2.48. The lowest BCUT2D eigenvalue weighted by atomic mass is 9.99. The number of aromatic nitrogens is 3. The third-order valence-electron chi connectivity index (χ3n) is 7.63. The minimum absolute atomic E-state index is 0.0439. The van der Waals surface area contributed by atoms with Crippen molar-refractivity contribution < 1.29 is 23.8 Å². The lowest BCUT2D eigenvalue weighted by Crippen LogP contribution is -2.52. The number of nitrogens with zero attached hydrogens (tertiary/aromatic N) is 5. The summed E-state index contributed by atoms with van der Waals surface area (Å²) in [5.74, 6) is 5.46. The standard InChI is InChI=1S/C27H41N5O5/c1-4-26(33)36-16-5-7-22-18-32(29-28-22)20(2)17-23-9-10-25(37-23)21(3)27(34)31-13-11-30(12-14-31)19-24-8-6-15-35-24/h18,20-21,23-25H,4,6,8-17,19H2,1-3H3/t20-,21-,23+,24?,25-/m1/s1. The zero-order valence-corrected chi connectivity index (χ0v) is 22.4. The van der Waals surface area contributed by atoms with Gasteiger partial charge in [-0.05, 0) is 44.9 Å². The summed E-state index contributed by atoms with van der Waals surface area (Å²) in [4.78, 5) is 28.8. The number of esters is 1. The molecule has 3 aliphatic heterocycles. The summed E-state index contributed by atoms with van der Waals surface area (Å²) in [5, 5.41) is 8.30. The largest absolute Gasteiger partial charge is 0.452 e. The summed E-state index contributed by atoms with van der Waals surface area (Å²) in [5.41, 5.74) is 0.541. The fourth-order valence-corrected chi connectivity index (χ4v) is 5.33. The van der Waals surface area contributed by atoms with Crippen molar-refractivity contribution in [3.05, 3.63) is 11.9 Å². The summed E-state index contributed by atoms with van der Waals surface area (Å²) >= 11 is 0. The number of carbonyl (C=O) groups excluding carboxylic acids is 2. The van der Waals surface area contributed by atoms with Crippen molar-refractivity contribution in [2.24, 2.45) is 5.92 Å². The maximum atomic E-state index is 13.2. The topological polar surface area (TPSA) is 99.0 Å². The van der Waals surface area contributed by atoms with Gasteiger partial charge in [-0.1, -0.05) is 25.0 Å². The minimum Gasteiger partial charge on any atom is -0.452 e. The highest BCUT2D eigenvalue weighted by Gasteiger charge is 2.36. The molecule has 0 N–H and O–H groups in total. The summed E-state index contributed by atoms with van der Waals surface area (Å²) in [6.45, 7) is 11.1. The Balaban J connectivity index is 1.18. The van der Waals surface area contributed by atoms with Crippen LogP contribution in [0.1, 0.15) is 71.0 Å². The van der Waals surface area contributed by atoms with Gasteiger partial charge in [0.15, 0.2) is 12.3 Å². The molecule has 3 aliphatic rings. The van der Waals surface area contributed by atoms with Gasteiger partial charge in [0.1, 0.15) is 0 Å². The molecule has 3 saturated heterocycles. The molecule has 5 atom stereocenters. The van der Waals surface area contributed by atoms with Crippen LogP contribution in [-0.4, -0.2) is 101 Å². The van der Waals surface area contributed by atoms with Gasteiger partial charge in [0.2, 0.25) is 5.91 Å². The summed E-state index contributed by atoms with van der Waals surface area (Å²) in [6, 6.07) is 0.0904. The minimum atomic E-state index is -0.273. The molecule has 0 aliphatic carbocycles. The van der Waals surface area contributed by atoms with Crippen LogP contribution in [0.5, 0.6) is 0 Å². The van der Waals surface area contributed by atoms with Crippen LogP contribution in [-0.2, 0) is 23.8 Å². The number of carbonyl (C=O) groups is 2. The molecule has 1 aromatic heterocycles. The molecule has 10 nitrogen and oxygen atoms in total. The quantitative estimate of drug-likeness (QED) is 0.364. The molecular formula is C27H41N5O5. The second kappa shape index (κ2) is 13.4. The van der Waals surface area contributed by atoms with E-state index in [4.69, 9.17) is 14.2 Å². The first-order chi connectivity index (χ1) is 17.9. The predicted molar refractivity (Wildman–Crippen MR) is 137 cm³/mol. The van der Waals surface area contributed by atoms with Crippen LogP contribution >= 0.6 is 0 Å². The Kier molecular flexibility index (Phi) is 9.95. The monoisotopic (exact) mass is 515 g/mol. The van der Waals surface area contributed by atoms with Crippen LogP contribution in [0.15, 0.2) is 6.20 Å². The lowest BCUT2D eigenvalue weighted by Gasteiger charge is -2.37. The molecule has 0 radical (unpaired) electrons. The molecule has 4 heterocycles. The Morgan fingerprint density at radius 1 is 1.16 bits per heavy atom. The van der Waals surface area contributed by atoms with E-state index in [1.54, 1.807) is 17.8 Å². The van der Waals surface area contributed by atoms with Crippen LogP contribution in [0, 0.1) is 17.8 Å². The summed E-state index contributed by atoms with van der Waals surface area (Å²) in [7, 11) is 0. The first-order valence-corrected chi connectivity index (χ1v) is 13.8. The molecule has 0 spiro atoms. The summed E-state index contributed by atoms with van der Waals surface area (Å²) in [6.07, 6.45) is 7.48. The van der Waals surface area contributed by atoms with Gasteiger partial charge < -0.3 is 19.1 Å². The molecule has 1 amide bonds. The Labute approximate surface area is 220 Å². The molecule has 1 unspecified atom stereocenters. The van der Waals surface area contributed by atoms with Crippen molar-refractivity contribution in [3.8, 4) is 11.8 Å². The van der Waals surface area contributed by atoms with E-state index < -0.39 is 0 Å². The number of ether oxygens (including phenoxy) is 3. The van der Waals surface area contributed by atoms with E-state index in [-0.39, 0.29) is 42.7 Å². The van der Waals surface area contributed by atoms with Crippen LogP contribution in [0.3, 0.4) is 0 Å². The van der Waals surface area contributed by atoms with E-state index in [1.807, 2.05) is 11.8 Å². The van der Waals surface area contributed by atoms with Crippen molar-refractivity contribution in [1.82, 2.24) is 24.8 Å². The number of amides is 1. The molecule has 1 aromatic rings. The van der Waals surface area contributed by atoms with Gasteiger partial charge in [-0.25, -0.2) is 4.68 Å². The van der Waals surface area contributed by atoms with Crippen LogP contribution in [0.4, 0.5) is 0 Å². The Bertz CT molecular complexity index is 958. The average Bonchev–Trinajstić information content (AvgIpc) is 3.69. The second-order valence-electron chi connectivity index (χ2n) is 10.4. The van der Waals surface area contributed by atoms with Crippen molar-refractivity contribution in [3.63, 3.8) is 0 Å². The van der Waals surface area contributed by atoms with Gasteiger partial charge in [0, 0.05) is 45.8 Å². The van der Waals surface area contributed by atoms with E-state index in [1.165, 1.54) is 0 Å². The lowest BCUT2D eigenvalue weighted by molar-refractivity contribution is -0.142. The Morgan fingerprint density at radius 2 is 1.97 bits per heavy atom. The molecule has 0 aromatic carbocycles.